The summed E-state index contributed by atoms with van der Waals surface area (Å²) < 4.78 is 10.5. The quantitative estimate of drug-likeness (QED) is 0.889. The minimum absolute atomic E-state index is 0.567. The number of benzene rings is 1. The SMILES string of the molecule is COc1ccc(CNCc2ccncc2)c(Cl)c1OC. The summed E-state index contributed by atoms with van der Waals surface area (Å²) in [6, 6.07) is 7.74. The molecule has 1 aromatic heterocycles. The van der Waals surface area contributed by atoms with Gasteiger partial charge in [0.05, 0.1) is 19.2 Å². The van der Waals surface area contributed by atoms with Gasteiger partial charge in [-0.05, 0) is 29.3 Å². The second-order valence-electron chi connectivity index (χ2n) is 4.23. The normalized spacial score (nSPS) is 10.3. The summed E-state index contributed by atoms with van der Waals surface area (Å²) in [5.74, 6) is 1.20. The number of nitrogens with zero attached hydrogens (tertiary/aromatic N) is 1. The summed E-state index contributed by atoms with van der Waals surface area (Å²) in [5.41, 5.74) is 2.15. The number of hydrogen-bond donors (Lipinski definition) is 1. The third-order valence-electron chi connectivity index (χ3n) is 2.96. The minimum atomic E-state index is 0.567. The summed E-state index contributed by atoms with van der Waals surface area (Å²) in [6.07, 6.45) is 3.56. The van der Waals surface area contributed by atoms with Crippen LogP contribution in [0.15, 0.2) is 36.7 Å². The van der Waals surface area contributed by atoms with E-state index in [1.165, 1.54) is 5.56 Å². The molecule has 5 heteroatoms. The molecule has 4 nitrogen and oxygen atoms in total. The van der Waals surface area contributed by atoms with Crippen LogP contribution < -0.4 is 14.8 Å². The number of rotatable bonds is 6. The molecule has 106 valence electrons. The molecule has 0 radical (unpaired) electrons. The number of methoxy groups -OCH3 is 2. The van der Waals surface area contributed by atoms with Crippen molar-refractivity contribution in [2.24, 2.45) is 0 Å². The van der Waals surface area contributed by atoms with E-state index in [4.69, 9.17) is 21.1 Å². The lowest BCUT2D eigenvalue weighted by Gasteiger charge is -2.13. The summed E-state index contributed by atoms with van der Waals surface area (Å²) in [7, 11) is 3.17. The van der Waals surface area contributed by atoms with E-state index in [1.807, 2.05) is 24.3 Å². The molecule has 0 bridgehead atoms. The smallest absolute Gasteiger partial charge is 0.179 e. The number of nitrogens with one attached hydrogen (secondary N) is 1. The lowest BCUT2D eigenvalue weighted by molar-refractivity contribution is 0.354. The first kappa shape index (κ1) is 14.6. The van der Waals surface area contributed by atoms with Crippen molar-refractivity contribution in [3.8, 4) is 11.5 Å². The largest absolute Gasteiger partial charge is 0.493 e. The van der Waals surface area contributed by atoms with E-state index in [-0.39, 0.29) is 0 Å². The first-order valence-corrected chi connectivity index (χ1v) is 6.63. The van der Waals surface area contributed by atoms with E-state index in [0.29, 0.717) is 23.1 Å². The van der Waals surface area contributed by atoms with Crippen molar-refractivity contribution in [2.75, 3.05) is 14.2 Å². The first-order chi connectivity index (χ1) is 9.76. The molecular weight excluding hydrogens is 276 g/mol. The molecule has 2 aromatic rings. The van der Waals surface area contributed by atoms with Gasteiger partial charge < -0.3 is 14.8 Å². The molecule has 0 saturated carbocycles. The molecule has 0 atom stereocenters. The predicted molar refractivity (Wildman–Crippen MR) is 79.3 cm³/mol. The Hall–Kier alpha value is -1.78. The zero-order valence-electron chi connectivity index (χ0n) is 11.5. The van der Waals surface area contributed by atoms with Gasteiger partial charge in [-0.15, -0.1) is 0 Å². The van der Waals surface area contributed by atoms with Gasteiger partial charge in [0.1, 0.15) is 0 Å². The molecule has 0 aliphatic carbocycles. The highest BCUT2D eigenvalue weighted by Crippen LogP contribution is 2.37. The molecule has 0 amide bonds. The Balaban J connectivity index is 2.03. The maximum Gasteiger partial charge on any atom is 0.179 e. The van der Waals surface area contributed by atoms with E-state index in [9.17, 15) is 0 Å². The van der Waals surface area contributed by atoms with Crippen LogP contribution in [0.5, 0.6) is 11.5 Å². The van der Waals surface area contributed by atoms with Gasteiger partial charge in [-0.2, -0.15) is 0 Å². The monoisotopic (exact) mass is 292 g/mol. The molecule has 0 spiro atoms. The first-order valence-electron chi connectivity index (χ1n) is 6.25. The highest BCUT2D eigenvalue weighted by atomic mass is 35.5. The van der Waals surface area contributed by atoms with Gasteiger partial charge in [-0.3, -0.25) is 4.98 Å². The molecular formula is C15H17ClN2O2. The number of halogens is 1. The molecule has 0 saturated heterocycles. The van der Waals surface area contributed by atoms with Crippen molar-refractivity contribution in [3.05, 3.63) is 52.8 Å². The van der Waals surface area contributed by atoms with Crippen molar-refractivity contribution < 1.29 is 9.47 Å². The predicted octanol–water partition coefficient (Wildman–Crippen LogP) is 3.04. The molecule has 0 fully saturated rings. The molecule has 0 aliphatic heterocycles. The van der Waals surface area contributed by atoms with Crippen LogP contribution in [0.3, 0.4) is 0 Å². The van der Waals surface area contributed by atoms with Crippen molar-refractivity contribution >= 4 is 11.6 Å². The fraction of sp³-hybridized carbons (Fsp3) is 0.267. The molecule has 1 aromatic carbocycles. The fourth-order valence-corrected chi connectivity index (χ4v) is 2.21. The maximum absolute atomic E-state index is 6.32. The molecule has 0 aliphatic rings. The zero-order valence-corrected chi connectivity index (χ0v) is 12.3. The fourth-order valence-electron chi connectivity index (χ4n) is 1.91. The number of aromatic nitrogens is 1. The van der Waals surface area contributed by atoms with Crippen LogP contribution in [-0.4, -0.2) is 19.2 Å². The van der Waals surface area contributed by atoms with Crippen LogP contribution >= 0.6 is 11.6 Å². The Morgan fingerprint density at radius 1 is 1.05 bits per heavy atom. The van der Waals surface area contributed by atoms with E-state index in [0.717, 1.165) is 12.1 Å². The topological polar surface area (TPSA) is 43.4 Å². The van der Waals surface area contributed by atoms with Gasteiger partial charge in [0.15, 0.2) is 11.5 Å². The van der Waals surface area contributed by atoms with Crippen LogP contribution in [0.4, 0.5) is 0 Å². The summed E-state index contributed by atoms with van der Waals surface area (Å²) in [4.78, 5) is 3.99. The Morgan fingerprint density at radius 3 is 2.45 bits per heavy atom. The van der Waals surface area contributed by atoms with Crippen LogP contribution in [0.1, 0.15) is 11.1 Å². The van der Waals surface area contributed by atoms with Crippen LogP contribution in [0.25, 0.3) is 0 Å². The highest BCUT2D eigenvalue weighted by Gasteiger charge is 2.12. The van der Waals surface area contributed by atoms with E-state index >= 15 is 0 Å². The summed E-state index contributed by atoms with van der Waals surface area (Å²) in [6.45, 7) is 1.41. The Kier molecular flexibility index (Phi) is 5.21. The van der Waals surface area contributed by atoms with Crippen molar-refractivity contribution in [1.82, 2.24) is 10.3 Å². The minimum Gasteiger partial charge on any atom is -0.493 e. The third-order valence-corrected chi connectivity index (χ3v) is 3.37. The molecule has 1 heterocycles. The van der Waals surface area contributed by atoms with Gasteiger partial charge in [-0.25, -0.2) is 0 Å². The van der Waals surface area contributed by atoms with Gasteiger partial charge in [-0.1, -0.05) is 17.7 Å². The van der Waals surface area contributed by atoms with E-state index in [1.54, 1.807) is 26.6 Å². The van der Waals surface area contributed by atoms with Gasteiger partial charge in [0, 0.05) is 25.5 Å². The van der Waals surface area contributed by atoms with Crippen molar-refractivity contribution in [3.63, 3.8) is 0 Å². The van der Waals surface area contributed by atoms with Crippen molar-refractivity contribution in [1.29, 1.82) is 0 Å². The second kappa shape index (κ2) is 7.12. The standard InChI is InChI=1S/C15H17ClN2O2/c1-19-13-4-3-12(14(16)15(13)20-2)10-18-9-11-5-7-17-8-6-11/h3-8,18H,9-10H2,1-2H3. The Labute approximate surface area is 123 Å². The molecule has 20 heavy (non-hydrogen) atoms. The van der Waals surface area contributed by atoms with Gasteiger partial charge in [0.2, 0.25) is 0 Å². The highest BCUT2D eigenvalue weighted by molar-refractivity contribution is 6.33. The number of pyridine rings is 1. The summed E-state index contributed by atoms with van der Waals surface area (Å²) in [5, 5.41) is 3.92. The third kappa shape index (κ3) is 3.40. The van der Waals surface area contributed by atoms with E-state index in [2.05, 4.69) is 10.3 Å². The lowest BCUT2D eigenvalue weighted by atomic mass is 10.2. The lowest BCUT2D eigenvalue weighted by Crippen LogP contribution is -2.13. The Morgan fingerprint density at radius 2 is 1.80 bits per heavy atom. The van der Waals surface area contributed by atoms with Crippen molar-refractivity contribution in [2.45, 2.75) is 13.1 Å². The van der Waals surface area contributed by atoms with Gasteiger partial charge in [0.25, 0.3) is 0 Å². The zero-order chi connectivity index (χ0) is 14.4. The summed E-state index contributed by atoms with van der Waals surface area (Å²) >= 11 is 6.32. The second-order valence-corrected chi connectivity index (χ2v) is 4.61. The molecule has 2 rings (SSSR count). The van der Waals surface area contributed by atoms with Crippen LogP contribution in [0, 0.1) is 0 Å². The average molecular weight is 293 g/mol. The van der Waals surface area contributed by atoms with Crippen LogP contribution in [-0.2, 0) is 13.1 Å². The van der Waals surface area contributed by atoms with Gasteiger partial charge >= 0.3 is 0 Å². The molecule has 1 N–H and O–H groups in total. The van der Waals surface area contributed by atoms with Crippen LogP contribution in [0.2, 0.25) is 5.02 Å². The molecule has 0 unspecified atom stereocenters. The Bertz CT molecular complexity index is 561. The number of hydrogen-bond acceptors (Lipinski definition) is 4. The maximum atomic E-state index is 6.32. The number of ether oxygens (including phenoxy) is 2. The average Bonchev–Trinajstić information content (AvgIpc) is 2.49. The van der Waals surface area contributed by atoms with E-state index < -0.39 is 0 Å².